The molecular weight excluding hydrogens is 309 g/mol. The lowest BCUT2D eigenvalue weighted by molar-refractivity contribution is -0.141. The standard InChI is InChI=1S/C12H15F3N2O3S/c1-6(8(5-18)21-2)16-10-7(11(19)20)3-4-9(17-10)12(13,14)15/h3-4,6,8,18H,5H2,1-2H3,(H,16,17)(H,19,20). The van der Waals surface area contributed by atoms with Crippen molar-refractivity contribution in [1.29, 1.82) is 0 Å². The highest BCUT2D eigenvalue weighted by atomic mass is 32.2. The van der Waals surface area contributed by atoms with Gasteiger partial charge in [0, 0.05) is 11.3 Å². The average molecular weight is 324 g/mol. The Bertz CT molecular complexity index is 507. The first-order valence-electron chi connectivity index (χ1n) is 5.92. The number of nitrogens with zero attached hydrogens (tertiary/aromatic N) is 1. The van der Waals surface area contributed by atoms with Gasteiger partial charge in [0.2, 0.25) is 0 Å². The van der Waals surface area contributed by atoms with Crippen LogP contribution in [0.3, 0.4) is 0 Å². The number of aromatic carboxylic acids is 1. The van der Waals surface area contributed by atoms with E-state index >= 15 is 0 Å². The quantitative estimate of drug-likeness (QED) is 0.745. The summed E-state index contributed by atoms with van der Waals surface area (Å²) in [4.78, 5) is 14.4. The van der Waals surface area contributed by atoms with Crippen molar-refractivity contribution in [2.75, 3.05) is 18.2 Å². The summed E-state index contributed by atoms with van der Waals surface area (Å²) in [5, 5.41) is 20.5. The molecule has 0 aliphatic rings. The second kappa shape index (κ2) is 6.99. The topological polar surface area (TPSA) is 82.5 Å². The molecule has 21 heavy (non-hydrogen) atoms. The first kappa shape index (κ1) is 17.6. The van der Waals surface area contributed by atoms with Crippen molar-refractivity contribution in [2.24, 2.45) is 0 Å². The fourth-order valence-corrected chi connectivity index (χ4v) is 2.27. The summed E-state index contributed by atoms with van der Waals surface area (Å²) in [5.41, 5.74) is -1.53. The number of aromatic nitrogens is 1. The van der Waals surface area contributed by atoms with Gasteiger partial charge in [-0.05, 0) is 25.3 Å². The first-order chi connectivity index (χ1) is 9.70. The van der Waals surface area contributed by atoms with Crippen molar-refractivity contribution in [3.63, 3.8) is 0 Å². The lowest BCUT2D eigenvalue weighted by Crippen LogP contribution is -2.32. The molecule has 0 spiro atoms. The molecule has 9 heteroatoms. The predicted molar refractivity (Wildman–Crippen MR) is 73.7 cm³/mol. The van der Waals surface area contributed by atoms with Gasteiger partial charge in [-0.3, -0.25) is 0 Å². The number of hydrogen-bond acceptors (Lipinski definition) is 5. The number of pyridine rings is 1. The van der Waals surface area contributed by atoms with Crippen LogP contribution in [0.25, 0.3) is 0 Å². The summed E-state index contributed by atoms with van der Waals surface area (Å²) in [6.07, 6.45) is -2.93. The minimum atomic E-state index is -4.66. The van der Waals surface area contributed by atoms with E-state index in [9.17, 15) is 18.0 Å². The van der Waals surface area contributed by atoms with Crippen LogP contribution < -0.4 is 5.32 Å². The van der Waals surface area contributed by atoms with Crippen LogP contribution in [0, 0.1) is 0 Å². The molecule has 1 aromatic heterocycles. The maximum absolute atomic E-state index is 12.6. The summed E-state index contributed by atoms with van der Waals surface area (Å²) in [5.74, 6) is -1.74. The maximum Gasteiger partial charge on any atom is 0.433 e. The van der Waals surface area contributed by atoms with Crippen molar-refractivity contribution < 1.29 is 28.2 Å². The molecule has 1 rings (SSSR count). The number of carbonyl (C=O) groups is 1. The first-order valence-corrected chi connectivity index (χ1v) is 7.21. The van der Waals surface area contributed by atoms with Gasteiger partial charge in [-0.15, -0.1) is 0 Å². The van der Waals surface area contributed by atoms with Gasteiger partial charge in [0.05, 0.1) is 6.61 Å². The number of carboxylic acids is 1. The second-order valence-electron chi connectivity index (χ2n) is 4.29. The smallest absolute Gasteiger partial charge is 0.433 e. The second-order valence-corrected chi connectivity index (χ2v) is 5.36. The molecule has 1 aromatic rings. The van der Waals surface area contributed by atoms with Crippen LogP contribution in [0.15, 0.2) is 12.1 Å². The molecule has 5 nitrogen and oxygen atoms in total. The molecule has 0 aromatic carbocycles. The minimum Gasteiger partial charge on any atom is -0.478 e. The maximum atomic E-state index is 12.6. The molecule has 2 atom stereocenters. The lowest BCUT2D eigenvalue weighted by atomic mass is 10.2. The van der Waals surface area contributed by atoms with Gasteiger partial charge in [0.1, 0.15) is 17.1 Å². The molecule has 2 unspecified atom stereocenters. The van der Waals surface area contributed by atoms with Crippen molar-refractivity contribution in [3.8, 4) is 0 Å². The van der Waals surface area contributed by atoms with Crippen LogP contribution >= 0.6 is 11.8 Å². The van der Waals surface area contributed by atoms with E-state index in [1.54, 1.807) is 13.2 Å². The summed E-state index contributed by atoms with van der Waals surface area (Å²) >= 11 is 1.31. The van der Waals surface area contributed by atoms with Gasteiger partial charge in [-0.1, -0.05) is 0 Å². The molecular formula is C12H15F3N2O3S. The van der Waals surface area contributed by atoms with Crippen LogP contribution in [-0.2, 0) is 6.18 Å². The highest BCUT2D eigenvalue weighted by Gasteiger charge is 2.34. The monoisotopic (exact) mass is 324 g/mol. The van der Waals surface area contributed by atoms with E-state index in [2.05, 4.69) is 10.3 Å². The number of carboxylic acid groups (broad SMARTS) is 1. The molecule has 0 aliphatic heterocycles. The lowest BCUT2D eigenvalue weighted by Gasteiger charge is -2.23. The summed E-state index contributed by atoms with van der Waals surface area (Å²) < 4.78 is 37.9. The largest absolute Gasteiger partial charge is 0.478 e. The zero-order valence-electron chi connectivity index (χ0n) is 11.3. The molecule has 118 valence electrons. The minimum absolute atomic E-state index is 0.198. The Kier molecular flexibility index (Phi) is 5.85. The normalized spacial score (nSPS) is 14.6. The van der Waals surface area contributed by atoms with Crippen LogP contribution in [0.2, 0.25) is 0 Å². The fraction of sp³-hybridized carbons (Fsp3) is 0.500. The van der Waals surface area contributed by atoms with Crippen molar-refractivity contribution in [3.05, 3.63) is 23.4 Å². The van der Waals surface area contributed by atoms with E-state index < -0.39 is 23.9 Å². The van der Waals surface area contributed by atoms with Crippen molar-refractivity contribution in [1.82, 2.24) is 4.98 Å². The van der Waals surface area contributed by atoms with Crippen LogP contribution in [0.1, 0.15) is 23.0 Å². The number of aliphatic hydroxyl groups excluding tert-OH is 1. The van der Waals surface area contributed by atoms with E-state index in [0.717, 1.165) is 6.07 Å². The number of thioether (sulfide) groups is 1. The average Bonchev–Trinajstić information content (AvgIpc) is 2.38. The Balaban J connectivity index is 3.15. The third kappa shape index (κ3) is 4.50. The number of halogens is 3. The Morgan fingerprint density at radius 1 is 1.48 bits per heavy atom. The SMILES string of the molecule is CSC(CO)C(C)Nc1nc(C(F)(F)F)ccc1C(=O)O. The Morgan fingerprint density at radius 2 is 2.10 bits per heavy atom. The van der Waals surface area contributed by atoms with E-state index in [-0.39, 0.29) is 23.2 Å². The van der Waals surface area contributed by atoms with Crippen molar-refractivity contribution in [2.45, 2.75) is 24.4 Å². The highest BCUT2D eigenvalue weighted by Crippen LogP contribution is 2.30. The molecule has 3 N–H and O–H groups in total. The van der Waals surface area contributed by atoms with Crippen LogP contribution in [0.5, 0.6) is 0 Å². The molecule has 0 amide bonds. The van der Waals surface area contributed by atoms with Crippen LogP contribution in [0.4, 0.5) is 19.0 Å². The molecule has 0 radical (unpaired) electrons. The number of hydrogen-bond donors (Lipinski definition) is 3. The Hall–Kier alpha value is -1.48. The van der Waals surface area contributed by atoms with Crippen molar-refractivity contribution >= 4 is 23.5 Å². The van der Waals surface area contributed by atoms with E-state index in [1.165, 1.54) is 11.8 Å². The molecule has 0 saturated heterocycles. The number of aliphatic hydroxyl groups is 1. The zero-order valence-corrected chi connectivity index (χ0v) is 12.1. The highest BCUT2D eigenvalue weighted by molar-refractivity contribution is 7.99. The molecule has 0 saturated carbocycles. The summed E-state index contributed by atoms with van der Waals surface area (Å²) in [6, 6.07) is 1.02. The van der Waals surface area contributed by atoms with E-state index in [1.807, 2.05) is 0 Å². The predicted octanol–water partition coefficient (Wildman–Crippen LogP) is 2.32. The van der Waals surface area contributed by atoms with Crippen LogP contribution in [-0.4, -0.2) is 45.3 Å². The number of rotatable bonds is 6. The summed E-state index contributed by atoms with van der Waals surface area (Å²) in [7, 11) is 0. The molecule has 0 fully saturated rings. The van der Waals surface area contributed by atoms with Gasteiger partial charge in [-0.25, -0.2) is 9.78 Å². The Morgan fingerprint density at radius 3 is 2.52 bits per heavy atom. The Labute approximate surface area is 123 Å². The van der Waals surface area contributed by atoms with E-state index in [0.29, 0.717) is 6.07 Å². The number of nitrogens with one attached hydrogen (secondary N) is 1. The van der Waals surface area contributed by atoms with Gasteiger partial charge in [0.25, 0.3) is 0 Å². The van der Waals surface area contributed by atoms with Gasteiger partial charge in [0.15, 0.2) is 0 Å². The van der Waals surface area contributed by atoms with Gasteiger partial charge in [-0.2, -0.15) is 24.9 Å². The van der Waals surface area contributed by atoms with Gasteiger partial charge >= 0.3 is 12.1 Å². The van der Waals surface area contributed by atoms with Gasteiger partial charge < -0.3 is 15.5 Å². The fourth-order valence-electron chi connectivity index (χ4n) is 1.65. The third-order valence-corrected chi connectivity index (χ3v) is 3.98. The summed E-state index contributed by atoms with van der Waals surface area (Å²) in [6.45, 7) is 1.43. The molecule has 1 heterocycles. The zero-order chi connectivity index (χ0) is 16.2. The van der Waals surface area contributed by atoms with E-state index in [4.69, 9.17) is 10.2 Å². The molecule has 0 bridgehead atoms. The third-order valence-electron chi connectivity index (χ3n) is 2.82. The molecule has 0 aliphatic carbocycles. The number of anilines is 1. The number of alkyl halides is 3.